The van der Waals surface area contributed by atoms with Crippen LogP contribution < -0.4 is 16.4 Å². The van der Waals surface area contributed by atoms with E-state index in [0.29, 0.717) is 16.8 Å². The molecule has 0 spiro atoms. The number of rotatable bonds is 6. The summed E-state index contributed by atoms with van der Waals surface area (Å²) < 4.78 is 1.42. The maximum absolute atomic E-state index is 11.3. The van der Waals surface area contributed by atoms with E-state index in [1.165, 1.54) is 16.4 Å². The quantitative estimate of drug-likeness (QED) is 0.576. The lowest BCUT2D eigenvalue weighted by Gasteiger charge is -2.29. The molecule has 2 rings (SSSR count). The van der Waals surface area contributed by atoms with Crippen molar-refractivity contribution in [1.82, 2.24) is 20.1 Å². The smallest absolute Gasteiger partial charge is 0.296 e. The third-order valence-electron chi connectivity index (χ3n) is 3.40. The fourth-order valence-corrected chi connectivity index (χ4v) is 3.42. The van der Waals surface area contributed by atoms with Crippen LogP contribution in [0.4, 0.5) is 0 Å². The number of aromatic amines is 1. The maximum Gasteiger partial charge on any atom is 0.339 e. The summed E-state index contributed by atoms with van der Waals surface area (Å²) in [5.41, 5.74) is -2.16. The molecular formula is C13H19N5O2S. The Morgan fingerprint density at radius 1 is 1.57 bits per heavy atom. The van der Waals surface area contributed by atoms with Crippen LogP contribution in [0.15, 0.2) is 14.7 Å². The topological polar surface area (TPSA) is 104 Å². The molecule has 1 unspecified atom stereocenters. The lowest BCUT2D eigenvalue weighted by atomic mass is 9.96. The Morgan fingerprint density at radius 3 is 2.76 bits per heavy atom. The zero-order valence-electron chi connectivity index (χ0n) is 12.3. The summed E-state index contributed by atoms with van der Waals surface area (Å²) in [5, 5.41) is 15.8. The van der Waals surface area contributed by atoms with Crippen LogP contribution >= 0.6 is 11.8 Å². The number of nitriles is 1. The van der Waals surface area contributed by atoms with E-state index >= 15 is 0 Å². The minimum absolute atomic E-state index is 0.193. The van der Waals surface area contributed by atoms with E-state index in [1.54, 1.807) is 7.05 Å². The van der Waals surface area contributed by atoms with Gasteiger partial charge in [-0.15, -0.1) is 0 Å². The van der Waals surface area contributed by atoms with Gasteiger partial charge in [-0.05, 0) is 32.6 Å². The molecule has 1 heterocycles. The van der Waals surface area contributed by atoms with Gasteiger partial charge < -0.3 is 0 Å². The lowest BCUT2D eigenvalue weighted by Crippen LogP contribution is -2.51. The Bertz CT molecular complexity index is 670. The van der Waals surface area contributed by atoms with Crippen LogP contribution in [0, 0.1) is 17.2 Å². The molecule has 1 aliphatic carbocycles. The average Bonchev–Trinajstić information content (AvgIpc) is 3.24. The molecule has 1 aliphatic rings. The maximum atomic E-state index is 11.3. The number of thioether (sulfide) groups is 1. The van der Waals surface area contributed by atoms with Crippen molar-refractivity contribution in [2.24, 2.45) is 13.0 Å². The fourth-order valence-electron chi connectivity index (χ4n) is 2.29. The van der Waals surface area contributed by atoms with E-state index in [2.05, 4.69) is 21.5 Å². The molecule has 0 aliphatic heterocycles. The van der Waals surface area contributed by atoms with E-state index in [-0.39, 0.29) is 6.04 Å². The van der Waals surface area contributed by atoms with Crippen LogP contribution in [0.25, 0.3) is 0 Å². The van der Waals surface area contributed by atoms with E-state index < -0.39 is 16.7 Å². The first-order chi connectivity index (χ1) is 9.88. The molecule has 21 heavy (non-hydrogen) atoms. The van der Waals surface area contributed by atoms with E-state index in [4.69, 9.17) is 0 Å². The molecular weight excluding hydrogens is 290 g/mol. The molecule has 0 radical (unpaired) electrons. The van der Waals surface area contributed by atoms with Gasteiger partial charge in [-0.25, -0.2) is 0 Å². The summed E-state index contributed by atoms with van der Waals surface area (Å²) in [6.07, 6.45) is 2.07. The first-order valence-electron chi connectivity index (χ1n) is 6.87. The highest BCUT2D eigenvalue weighted by Crippen LogP contribution is 2.42. The van der Waals surface area contributed by atoms with Crippen LogP contribution in [-0.2, 0) is 7.05 Å². The first-order valence-corrected chi connectivity index (χ1v) is 7.85. The van der Waals surface area contributed by atoms with Gasteiger partial charge in [0.15, 0.2) is 5.16 Å². The largest absolute Gasteiger partial charge is 0.339 e. The Kier molecular flexibility index (Phi) is 4.54. The second-order valence-electron chi connectivity index (χ2n) is 5.64. The minimum atomic E-state index is -0.804. The van der Waals surface area contributed by atoms with Gasteiger partial charge >= 0.3 is 11.1 Å². The van der Waals surface area contributed by atoms with Crippen molar-refractivity contribution in [3.05, 3.63) is 20.7 Å². The van der Waals surface area contributed by atoms with Gasteiger partial charge in [0.2, 0.25) is 0 Å². The Hall–Kier alpha value is -1.59. The van der Waals surface area contributed by atoms with Crippen molar-refractivity contribution in [3.8, 4) is 6.07 Å². The third kappa shape index (κ3) is 3.54. The van der Waals surface area contributed by atoms with Crippen LogP contribution in [0.2, 0.25) is 0 Å². The van der Waals surface area contributed by atoms with Crippen molar-refractivity contribution in [1.29, 1.82) is 5.26 Å². The number of aryl methyl sites for hydroxylation is 1. The fraction of sp³-hybridized carbons (Fsp3) is 0.692. The summed E-state index contributed by atoms with van der Waals surface area (Å²) in [6, 6.07) is 2.60. The molecule has 7 nitrogen and oxygen atoms in total. The van der Waals surface area contributed by atoms with E-state index in [1.807, 2.05) is 13.8 Å². The van der Waals surface area contributed by atoms with Gasteiger partial charge in [-0.2, -0.15) is 10.2 Å². The normalized spacial score (nSPS) is 17.5. The predicted octanol–water partition coefficient (Wildman–Crippen LogP) is 0.231. The van der Waals surface area contributed by atoms with Gasteiger partial charge in [0.05, 0.1) is 6.07 Å². The molecule has 1 saturated carbocycles. The van der Waals surface area contributed by atoms with Crippen molar-refractivity contribution in [2.75, 3.05) is 5.75 Å². The summed E-state index contributed by atoms with van der Waals surface area (Å²) in [5.74, 6) is 0.816. The van der Waals surface area contributed by atoms with Gasteiger partial charge in [0.25, 0.3) is 0 Å². The number of nitrogens with one attached hydrogen (secondary N) is 2. The van der Waals surface area contributed by atoms with Crippen molar-refractivity contribution in [2.45, 2.75) is 43.4 Å². The first kappa shape index (κ1) is 15.8. The predicted molar refractivity (Wildman–Crippen MR) is 80.2 cm³/mol. The lowest BCUT2D eigenvalue weighted by molar-refractivity contribution is 0.370. The zero-order valence-corrected chi connectivity index (χ0v) is 13.2. The van der Waals surface area contributed by atoms with Gasteiger partial charge in [0.1, 0.15) is 5.54 Å². The molecule has 0 amide bonds. The van der Waals surface area contributed by atoms with Crippen molar-refractivity contribution in [3.63, 3.8) is 0 Å². The number of hydrogen-bond donors (Lipinski definition) is 2. The third-order valence-corrected chi connectivity index (χ3v) is 4.62. The Balaban J connectivity index is 2.20. The number of H-pyrrole nitrogens is 1. The van der Waals surface area contributed by atoms with Crippen LogP contribution in [0.1, 0.15) is 26.7 Å². The van der Waals surface area contributed by atoms with Gasteiger partial charge in [-0.3, -0.25) is 24.7 Å². The highest BCUT2D eigenvalue weighted by molar-refractivity contribution is 7.99. The number of nitrogens with zero attached hydrogens (tertiary/aromatic N) is 3. The summed E-state index contributed by atoms with van der Waals surface area (Å²) >= 11 is 1.31. The monoisotopic (exact) mass is 309 g/mol. The Morgan fingerprint density at radius 2 is 2.24 bits per heavy atom. The minimum Gasteiger partial charge on any atom is -0.296 e. The second kappa shape index (κ2) is 6.03. The molecule has 1 fully saturated rings. The second-order valence-corrected chi connectivity index (χ2v) is 6.59. The molecule has 0 aromatic carbocycles. The van der Waals surface area contributed by atoms with Crippen LogP contribution in [0.3, 0.4) is 0 Å². The molecule has 1 aromatic rings. The summed E-state index contributed by atoms with van der Waals surface area (Å²) in [6.45, 7) is 4.01. The van der Waals surface area contributed by atoms with Crippen molar-refractivity contribution < 1.29 is 0 Å². The molecule has 8 heteroatoms. The van der Waals surface area contributed by atoms with E-state index in [9.17, 15) is 14.9 Å². The van der Waals surface area contributed by atoms with Crippen molar-refractivity contribution >= 4 is 11.8 Å². The Labute approximate surface area is 126 Å². The molecule has 1 atom stereocenters. The number of hydrogen-bond acceptors (Lipinski definition) is 6. The van der Waals surface area contributed by atoms with Gasteiger partial charge in [0, 0.05) is 18.8 Å². The summed E-state index contributed by atoms with van der Waals surface area (Å²) in [4.78, 5) is 26.3. The highest BCUT2D eigenvalue weighted by Gasteiger charge is 2.46. The van der Waals surface area contributed by atoms with Crippen LogP contribution in [0.5, 0.6) is 0 Å². The molecule has 0 saturated heterocycles. The molecule has 1 aromatic heterocycles. The SMILES string of the molecule is CC(C)NC(C#N)(CSc1nc(=O)c(=O)[nH]n1C)C1CC1. The highest BCUT2D eigenvalue weighted by atomic mass is 32.2. The summed E-state index contributed by atoms with van der Waals surface area (Å²) in [7, 11) is 1.62. The molecule has 2 N–H and O–H groups in total. The number of aromatic nitrogens is 3. The van der Waals surface area contributed by atoms with Gasteiger partial charge in [-0.1, -0.05) is 11.8 Å². The molecule has 0 bridgehead atoms. The standard InChI is InChI=1S/C13H19N5O2S/c1-8(2)16-13(6-14,9-4-5-9)7-21-12-15-10(19)11(20)17-18(12)3/h8-9,16H,4-5,7H2,1-3H3,(H,17,20). The van der Waals surface area contributed by atoms with E-state index in [0.717, 1.165) is 12.8 Å². The average molecular weight is 309 g/mol. The zero-order chi connectivity index (χ0) is 15.6. The molecule has 114 valence electrons. The van der Waals surface area contributed by atoms with Crippen LogP contribution in [-0.4, -0.2) is 32.1 Å².